The first-order valence-electron chi connectivity index (χ1n) is 5.95. The third-order valence-corrected chi connectivity index (χ3v) is 3.80. The fourth-order valence-corrected chi connectivity index (χ4v) is 2.73. The highest BCUT2D eigenvalue weighted by atomic mass is 32.2. The zero-order valence-corrected chi connectivity index (χ0v) is 11.2. The van der Waals surface area contributed by atoms with Crippen LogP contribution in [-0.4, -0.2) is 21.0 Å². The van der Waals surface area contributed by atoms with E-state index in [2.05, 4.69) is 9.97 Å². The Kier molecular flexibility index (Phi) is 3.35. The van der Waals surface area contributed by atoms with Crippen molar-refractivity contribution in [3.05, 3.63) is 60.4 Å². The molecule has 3 rings (SSSR count). The number of fused-ring (bicyclic) bond motifs is 1. The van der Waals surface area contributed by atoms with Crippen molar-refractivity contribution in [1.82, 2.24) is 9.97 Å². The number of rotatable bonds is 3. The molecule has 0 aliphatic carbocycles. The van der Waals surface area contributed by atoms with E-state index in [-0.39, 0.29) is 5.56 Å². The van der Waals surface area contributed by atoms with Gasteiger partial charge in [0.15, 0.2) is 0 Å². The van der Waals surface area contributed by atoms with E-state index in [1.165, 1.54) is 11.8 Å². The predicted molar refractivity (Wildman–Crippen MR) is 77.1 cm³/mol. The summed E-state index contributed by atoms with van der Waals surface area (Å²) in [4.78, 5) is 20.7. The van der Waals surface area contributed by atoms with E-state index in [9.17, 15) is 9.90 Å². The zero-order chi connectivity index (χ0) is 13.9. The van der Waals surface area contributed by atoms with Gasteiger partial charge in [-0.3, -0.25) is 4.98 Å². The normalized spacial score (nSPS) is 10.6. The molecule has 2 heterocycles. The maximum absolute atomic E-state index is 11.4. The minimum absolute atomic E-state index is 0.213. The number of aromatic carboxylic acids is 1. The van der Waals surface area contributed by atoms with Crippen LogP contribution in [0, 0.1) is 0 Å². The van der Waals surface area contributed by atoms with Gasteiger partial charge in [-0.2, -0.15) is 0 Å². The van der Waals surface area contributed by atoms with E-state index in [0.717, 1.165) is 15.8 Å². The molecular formula is C15H10N2O2S. The van der Waals surface area contributed by atoms with E-state index >= 15 is 0 Å². The minimum atomic E-state index is -0.972. The van der Waals surface area contributed by atoms with E-state index < -0.39 is 5.97 Å². The van der Waals surface area contributed by atoms with Gasteiger partial charge in [0.2, 0.25) is 0 Å². The Morgan fingerprint density at radius 3 is 2.60 bits per heavy atom. The van der Waals surface area contributed by atoms with Crippen molar-refractivity contribution >= 4 is 28.6 Å². The van der Waals surface area contributed by atoms with Gasteiger partial charge in [-0.15, -0.1) is 0 Å². The van der Waals surface area contributed by atoms with Crippen LogP contribution < -0.4 is 0 Å². The summed E-state index contributed by atoms with van der Waals surface area (Å²) in [6.45, 7) is 0. The molecule has 0 aliphatic heterocycles. The van der Waals surface area contributed by atoms with Crippen LogP contribution in [0.15, 0.2) is 64.8 Å². The van der Waals surface area contributed by atoms with Gasteiger partial charge in [0.1, 0.15) is 5.03 Å². The molecule has 0 saturated heterocycles. The lowest BCUT2D eigenvalue weighted by molar-refractivity contribution is 0.0692. The number of benzene rings is 1. The average molecular weight is 282 g/mol. The Bertz CT molecular complexity index is 775. The molecule has 0 saturated carbocycles. The summed E-state index contributed by atoms with van der Waals surface area (Å²) in [5.41, 5.74) is 1.000. The summed E-state index contributed by atoms with van der Waals surface area (Å²) in [6.07, 6.45) is 3.34. The van der Waals surface area contributed by atoms with Crippen LogP contribution >= 0.6 is 11.8 Å². The van der Waals surface area contributed by atoms with Crippen LogP contribution in [0.3, 0.4) is 0 Å². The molecule has 0 atom stereocenters. The standard InChI is InChI=1S/C15H10N2O2S/c18-15(19)12-9-10-3-1-2-4-13(10)17-14(12)20-11-5-7-16-8-6-11/h1-9H,(H,18,19). The van der Waals surface area contributed by atoms with E-state index in [1.54, 1.807) is 18.5 Å². The Labute approximate surface area is 119 Å². The number of pyridine rings is 2. The fourth-order valence-electron chi connectivity index (χ4n) is 1.85. The molecule has 5 heteroatoms. The summed E-state index contributed by atoms with van der Waals surface area (Å²) < 4.78 is 0. The Hall–Kier alpha value is -2.40. The van der Waals surface area contributed by atoms with Crippen molar-refractivity contribution in [3.8, 4) is 0 Å². The molecular weight excluding hydrogens is 272 g/mol. The van der Waals surface area contributed by atoms with Crippen molar-refractivity contribution in [2.24, 2.45) is 0 Å². The van der Waals surface area contributed by atoms with Crippen LogP contribution in [0.2, 0.25) is 0 Å². The van der Waals surface area contributed by atoms with Crippen LogP contribution in [0.4, 0.5) is 0 Å². The first-order valence-corrected chi connectivity index (χ1v) is 6.76. The highest BCUT2D eigenvalue weighted by Crippen LogP contribution is 2.30. The number of aromatic nitrogens is 2. The maximum atomic E-state index is 11.4. The molecule has 1 aromatic carbocycles. The SMILES string of the molecule is O=C(O)c1cc2ccccc2nc1Sc1ccncc1. The van der Waals surface area contributed by atoms with Gasteiger partial charge in [-0.05, 0) is 24.3 Å². The summed E-state index contributed by atoms with van der Waals surface area (Å²) in [5.74, 6) is -0.972. The van der Waals surface area contributed by atoms with Gasteiger partial charge in [0.25, 0.3) is 0 Å². The van der Waals surface area contributed by atoms with Crippen LogP contribution in [-0.2, 0) is 0 Å². The Morgan fingerprint density at radius 1 is 1.10 bits per heavy atom. The summed E-state index contributed by atoms with van der Waals surface area (Å²) >= 11 is 1.33. The second-order valence-electron chi connectivity index (χ2n) is 4.12. The summed E-state index contributed by atoms with van der Waals surface area (Å²) in [7, 11) is 0. The van der Waals surface area contributed by atoms with Crippen molar-refractivity contribution < 1.29 is 9.90 Å². The van der Waals surface area contributed by atoms with E-state index in [4.69, 9.17) is 0 Å². The molecule has 4 nitrogen and oxygen atoms in total. The molecule has 0 bridgehead atoms. The molecule has 0 spiro atoms. The number of carboxylic acid groups (broad SMARTS) is 1. The quantitative estimate of drug-likeness (QED) is 0.796. The van der Waals surface area contributed by atoms with Crippen molar-refractivity contribution in [2.45, 2.75) is 9.92 Å². The number of hydrogen-bond acceptors (Lipinski definition) is 4. The van der Waals surface area contributed by atoms with E-state index in [0.29, 0.717) is 5.03 Å². The van der Waals surface area contributed by atoms with Crippen molar-refractivity contribution in [3.63, 3.8) is 0 Å². The Balaban J connectivity index is 2.12. The molecule has 0 fully saturated rings. The summed E-state index contributed by atoms with van der Waals surface area (Å²) in [5, 5.41) is 10.6. The molecule has 1 N–H and O–H groups in total. The number of carbonyl (C=O) groups is 1. The molecule has 2 aromatic heterocycles. The van der Waals surface area contributed by atoms with Crippen LogP contribution in [0.5, 0.6) is 0 Å². The molecule has 0 aliphatic rings. The lowest BCUT2D eigenvalue weighted by Crippen LogP contribution is -2.01. The molecule has 0 amide bonds. The van der Waals surface area contributed by atoms with Gasteiger partial charge in [-0.1, -0.05) is 30.0 Å². The second kappa shape index (κ2) is 5.30. The molecule has 0 radical (unpaired) electrons. The predicted octanol–water partition coefficient (Wildman–Crippen LogP) is 3.48. The van der Waals surface area contributed by atoms with Crippen molar-refractivity contribution in [2.75, 3.05) is 0 Å². The highest BCUT2D eigenvalue weighted by Gasteiger charge is 2.14. The van der Waals surface area contributed by atoms with Gasteiger partial charge in [-0.25, -0.2) is 9.78 Å². The number of para-hydroxylation sites is 1. The van der Waals surface area contributed by atoms with Crippen LogP contribution in [0.1, 0.15) is 10.4 Å². The highest BCUT2D eigenvalue weighted by molar-refractivity contribution is 7.99. The molecule has 3 aromatic rings. The third-order valence-electron chi connectivity index (χ3n) is 2.78. The fraction of sp³-hybridized carbons (Fsp3) is 0. The average Bonchev–Trinajstić information content (AvgIpc) is 2.47. The zero-order valence-electron chi connectivity index (χ0n) is 10.4. The number of nitrogens with zero attached hydrogens (tertiary/aromatic N) is 2. The summed E-state index contributed by atoms with van der Waals surface area (Å²) in [6, 6.07) is 12.8. The number of carboxylic acids is 1. The minimum Gasteiger partial charge on any atom is -0.478 e. The maximum Gasteiger partial charge on any atom is 0.338 e. The lowest BCUT2D eigenvalue weighted by atomic mass is 10.1. The van der Waals surface area contributed by atoms with Gasteiger partial charge < -0.3 is 5.11 Å². The largest absolute Gasteiger partial charge is 0.478 e. The topological polar surface area (TPSA) is 63.1 Å². The van der Waals surface area contributed by atoms with E-state index in [1.807, 2.05) is 36.4 Å². The second-order valence-corrected chi connectivity index (χ2v) is 5.19. The van der Waals surface area contributed by atoms with Gasteiger partial charge in [0, 0.05) is 22.7 Å². The number of hydrogen-bond donors (Lipinski definition) is 1. The molecule has 98 valence electrons. The first kappa shape index (κ1) is 12.6. The lowest BCUT2D eigenvalue weighted by Gasteiger charge is -2.07. The Morgan fingerprint density at radius 2 is 1.85 bits per heavy atom. The monoisotopic (exact) mass is 282 g/mol. The molecule has 0 unspecified atom stereocenters. The van der Waals surface area contributed by atoms with Gasteiger partial charge >= 0.3 is 5.97 Å². The van der Waals surface area contributed by atoms with Gasteiger partial charge in [0.05, 0.1) is 11.1 Å². The molecule has 20 heavy (non-hydrogen) atoms. The smallest absolute Gasteiger partial charge is 0.338 e. The first-order chi connectivity index (χ1) is 9.74. The van der Waals surface area contributed by atoms with Crippen molar-refractivity contribution in [1.29, 1.82) is 0 Å². The third kappa shape index (κ3) is 2.48. The van der Waals surface area contributed by atoms with Crippen LogP contribution in [0.25, 0.3) is 10.9 Å².